The van der Waals surface area contributed by atoms with Gasteiger partial charge < -0.3 is 14.5 Å². The van der Waals surface area contributed by atoms with Crippen LogP contribution in [0.2, 0.25) is 0 Å². The third-order valence-electron chi connectivity index (χ3n) is 5.88. The first-order chi connectivity index (χ1) is 15.4. The summed E-state index contributed by atoms with van der Waals surface area (Å²) in [4.78, 5) is 42.4. The number of aromatic nitrogens is 5. The normalized spacial score (nSPS) is 11.6. The van der Waals surface area contributed by atoms with Gasteiger partial charge in [-0.3, -0.25) is 14.2 Å². The number of carbonyl (C=O) groups excluding carboxylic acids is 1. The average Bonchev–Trinajstić information content (AvgIpc) is 3.33. The van der Waals surface area contributed by atoms with Crippen molar-refractivity contribution in [3.63, 3.8) is 0 Å². The number of para-hydroxylation sites is 1. The van der Waals surface area contributed by atoms with Gasteiger partial charge in [-0.05, 0) is 31.2 Å². The highest BCUT2D eigenvalue weighted by molar-refractivity contribution is 6.09. The molecule has 162 valence electrons. The van der Waals surface area contributed by atoms with Crippen LogP contribution in [0.15, 0.2) is 58.4 Å². The highest BCUT2D eigenvalue weighted by atomic mass is 16.2. The summed E-state index contributed by atoms with van der Waals surface area (Å²) in [7, 11) is 3.20. The van der Waals surface area contributed by atoms with E-state index in [2.05, 4.69) is 33.9 Å². The lowest BCUT2D eigenvalue weighted by molar-refractivity contribution is -0.116. The Balaban J connectivity index is 1.51. The fourth-order valence-electron chi connectivity index (χ4n) is 4.35. The minimum absolute atomic E-state index is 0.272. The Labute approximate surface area is 182 Å². The van der Waals surface area contributed by atoms with Crippen molar-refractivity contribution in [2.45, 2.75) is 20.0 Å². The number of rotatable bonds is 4. The van der Waals surface area contributed by atoms with Crippen LogP contribution in [0.4, 0.5) is 5.69 Å². The van der Waals surface area contributed by atoms with E-state index in [-0.39, 0.29) is 17.7 Å². The second-order valence-electron chi connectivity index (χ2n) is 7.80. The summed E-state index contributed by atoms with van der Waals surface area (Å²) in [5.74, 6) is -0.454. The molecule has 0 aliphatic heterocycles. The highest BCUT2D eigenvalue weighted by Gasteiger charge is 2.17. The number of nitrogens with one attached hydrogen (secondary N) is 1. The lowest BCUT2D eigenvalue weighted by Crippen LogP contribution is -2.42. The zero-order chi connectivity index (χ0) is 22.6. The minimum atomic E-state index is -0.585. The Hall–Kier alpha value is -4.14. The molecule has 9 nitrogen and oxygen atoms in total. The molecule has 0 aliphatic carbocycles. The molecule has 1 amide bonds. The van der Waals surface area contributed by atoms with E-state index in [0.717, 1.165) is 32.9 Å². The van der Waals surface area contributed by atoms with Crippen molar-refractivity contribution in [2.75, 3.05) is 5.32 Å². The Kier molecular flexibility index (Phi) is 4.47. The summed E-state index contributed by atoms with van der Waals surface area (Å²) in [5, 5.41) is 4.96. The van der Waals surface area contributed by atoms with Crippen molar-refractivity contribution in [3.05, 3.63) is 69.6 Å². The molecule has 0 saturated heterocycles. The molecule has 0 bridgehead atoms. The summed E-state index contributed by atoms with van der Waals surface area (Å²) in [6.07, 6.45) is 1.47. The molecule has 0 atom stereocenters. The van der Waals surface area contributed by atoms with Gasteiger partial charge in [-0.15, -0.1) is 0 Å². The Morgan fingerprint density at radius 2 is 1.75 bits per heavy atom. The number of hydrogen-bond donors (Lipinski definition) is 1. The van der Waals surface area contributed by atoms with Crippen molar-refractivity contribution < 1.29 is 4.79 Å². The molecule has 9 heteroatoms. The van der Waals surface area contributed by atoms with E-state index in [1.54, 1.807) is 11.6 Å². The average molecular weight is 430 g/mol. The van der Waals surface area contributed by atoms with Gasteiger partial charge in [-0.2, -0.15) is 0 Å². The number of amides is 1. The van der Waals surface area contributed by atoms with Gasteiger partial charge in [0.05, 0.1) is 6.33 Å². The third kappa shape index (κ3) is 2.85. The SMILES string of the molecule is CCn1c2ccccc2c2cc(NC(=O)Cn3c(=O)c4c(ncn4C)n(C)c3=O)ccc21. The summed E-state index contributed by atoms with van der Waals surface area (Å²) >= 11 is 0. The van der Waals surface area contributed by atoms with Gasteiger partial charge in [-0.1, -0.05) is 18.2 Å². The van der Waals surface area contributed by atoms with Crippen LogP contribution in [0.1, 0.15) is 6.92 Å². The highest BCUT2D eigenvalue weighted by Crippen LogP contribution is 2.30. The fourth-order valence-corrected chi connectivity index (χ4v) is 4.35. The first-order valence-electron chi connectivity index (χ1n) is 10.3. The number of hydrogen-bond acceptors (Lipinski definition) is 4. The molecule has 5 aromatic rings. The molecular weight excluding hydrogens is 408 g/mol. The smallest absolute Gasteiger partial charge is 0.332 e. The van der Waals surface area contributed by atoms with Crippen LogP contribution in [0, 0.1) is 0 Å². The van der Waals surface area contributed by atoms with Crippen LogP contribution in [0.5, 0.6) is 0 Å². The molecular formula is C23H22N6O3. The fraction of sp³-hybridized carbons (Fsp3) is 0.217. The topological polar surface area (TPSA) is 95.8 Å². The minimum Gasteiger partial charge on any atom is -0.341 e. The Bertz CT molecular complexity index is 1650. The molecule has 3 heterocycles. The second kappa shape index (κ2) is 7.23. The quantitative estimate of drug-likeness (QED) is 0.473. The molecule has 2 aromatic carbocycles. The van der Waals surface area contributed by atoms with E-state index in [0.29, 0.717) is 5.69 Å². The standard InChI is InChI=1S/C23H22N6O3/c1-4-28-17-8-6-5-7-15(17)16-11-14(9-10-18(16)28)25-19(30)12-29-22(31)20-21(24-13-26(20)2)27(3)23(29)32/h5-11,13H,4,12H2,1-3H3,(H,25,30). The largest absolute Gasteiger partial charge is 0.341 e. The van der Waals surface area contributed by atoms with Crippen molar-refractivity contribution in [1.82, 2.24) is 23.3 Å². The maximum absolute atomic E-state index is 12.8. The van der Waals surface area contributed by atoms with E-state index in [4.69, 9.17) is 0 Å². The predicted octanol–water partition coefficient (Wildman–Crippen LogP) is 2.20. The Morgan fingerprint density at radius 3 is 2.53 bits per heavy atom. The molecule has 1 N–H and O–H groups in total. The monoisotopic (exact) mass is 430 g/mol. The number of imidazole rings is 1. The number of carbonyl (C=O) groups is 1. The van der Waals surface area contributed by atoms with E-state index in [1.165, 1.54) is 17.9 Å². The molecule has 3 aromatic heterocycles. The zero-order valence-corrected chi connectivity index (χ0v) is 18.0. The van der Waals surface area contributed by atoms with Gasteiger partial charge in [-0.25, -0.2) is 14.3 Å². The summed E-state index contributed by atoms with van der Waals surface area (Å²) in [6, 6.07) is 13.9. The maximum Gasteiger partial charge on any atom is 0.332 e. The first-order valence-corrected chi connectivity index (χ1v) is 10.3. The van der Waals surface area contributed by atoms with E-state index in [9.17, 15) is 14.4 Å². The molecule has 0 aliphatic rings. The van der Waals surface area contributed by atoms with Gasteiger partial charge in [0.2, 0.25) is 5.91 Å². The van der Waals surface area contributed by atoms with Crippen molar-refractivity contribution in [1.29, 1.82) is 0 Å². The molecule has 0 fully saturated rings. The van der Waals surface area contributed by atoms with Crippen LogP contribution in [-0.4, -0.2) is 29.2 Å². The molecule has 5 rings (SSSR count). The molecule has 0 saturated carbocycles. The maximum atomic E-state index is 12.8. The lowest BCUT2D eigenvalue weighted by atomic mass is 10.1. The number of aryl methyl sites for hydroxylation is 3. The predicted molar refractivity (Wildman–Crippen MR) is 124 cm³/mol. The van der Waals surface area contributed by atoms with Crippen molar-refractivity contribution >= 4 is 44.6 Å². The third-order valence-corrected chi connectivity index (χ3v) is 5.88. The van der Waals surface area contributed by atoms with Gasteiger partial charge in [0, 0.05) is 48.1 Å². The van der Waals surface area contributed by atoms with Crippen LogP contribution in [0.3, 0.4) is 0 Å². The molecule has 0 spiro atoms. The van der Waals surface area contributed by atoms with Crippen LogP contribution in [-0.2, 0) is 32.0 Å². The summed E-state index contributed by atoms with van der Waals surface area (Å²) in [6.45, 7) is 2.54. The first kappa shape index (κ1) is 19.8. The second-order valence-corrected chi connectivity index (χ2v) is 7.80. The Morgan fingerprint density at radius 1 is 1.00 bits per heavy atom. The van der Waals surface area contributed by atoms with E-state index >= 15 is 0 Å². The van der Waals surface area contributed by atoms with Gasteiger partial charge in [0.15, 0.2) is 11.2 Å². The lowest BCUT2D eigenvalue weighted by Gasteiger charge is -2.10. The molecule has 0 unspecified atom stereocenters. The van der Waals surface area contributed by atoms with E-state index < -0.39 is 17.2 Å². The number of nitrogens with zero attached hydrogens (tertiary/aromatic N) is 5. The van der Waals surface area contributed by atoms with Crippen molar-refractivity contribution in [3.8, 4) is 0 Å². The zero-order valence-electron chi connectivity index (χ0n) is 18.0. The number of anilines is 1. The molecule has 0 radical (unpaired) electrons. The number of benzene rings is 2. The summed E-state index contributed by atoms with van der Waals surface area (Å²) in [5.41, 5.74) is 2.25. The van der Waals surface area contributed by atoms with Crippen LogP contribution in [0.25, 0.3) is 33.0 Å². The van der Waals surface area contributed by atoms with Crippen LogP contribution < -0.4 is 16.6 Å². The van der Waals surface area contributed by atoms with Gasteiger partial charge in [0.25, 0.3) is 5.56 Å². The van der Waals surface area contributed by atoms with Crippen molar-refractivity contribution in [2.24, 2.45) is 14.1 Å². The van der Waals surface area contributed by atoms with Gasteiger partial charge in [0.1, 0.15) is 6.54 Å². The van der Waals surface area contributed by atoms with Gasteiger partial charge >= 0.3 is 5.69 Å². The number of fused-ring (bicyclic) bond motifs is 4. The van der Waals surface area contributed by atoms with Crippen LogP contribution >= 0.6 is 0 Å². The summed E-state index contributed by atoms with van der Waals surface area (Å²) < 4.78 is 5.97. The van der Waals surface area contributed by atoms with E-state index in [1.807, 2.05) is 30.3 Å². The molecule has 32 heavy (non-hydrogen) atoms.